The van der Waals surface area contributed by atoms with Gasteiger partial charge in [0, 0.05) is 50.1 Å². The average molecular weight is 597 g/mol. The maximum atomic E-state index is 13.1. The lowest BCUT2D eigenvalue weighted by atomic mass is 9.81. The second-order valence-electron chi connectivity index (χ2n) is 11.1. The number of carbonyl (C=O) groups excluding carboxylic acids is 1. The fraction of sp³-hybridized carbons (Fsp3) is 0.455. The van der Waals surface area contributed by atoms with Crippen molar-refractivity contribution < 1.29 is 38.4 Å². The van der Waals surface area contributed by atoms with Crippen LogP contribution in [-0.4, -0.2) is 81.8 Å². The zero-order valence-corrected chi connectivity index (χ0v) is 24.6. The molecule has 0 heterocycles. The molecule has 0 saturated heterocycles. The molecule has 2 fully saturated rings. The number of benzene rings is 2. The van der Waals surface area contributed by atoms with Crippen LogP contribution in [0.3, 0.4) is 0 Å². The van der Waals surface area contributed by atoms with Crippen LogP contribution in [0.4, 0.5) is 18.4 Å². The van der Waals surface area contributed by atoms with Crippen molar-refractivity contribution in [3.8, 4) is 23.7 Å². The average Bonchev–Trinajstić information content (AvgIpc) is 2.98. The number of nitrogens with zero attached hydrogens (tertiary/aromatic N) is 2. The van der Waals surface area contributed by atoms with Gasteiger partial charge in [-0.05, 0) is 74.9 Å². The van der Waals surface area contributed by atoms with Crippen molar-refractivity contribution >= 4 is 12.2 Å². The SMILES string of the molecule is CN(C(=O)O)C1CCCC(O)(C#Cc2cccc(F)c2)C1.COC(=O)N(C)C1CCCC(O)(C#Cc2cccc(F)c2)C1. The zero-order chi connectivity index (χ0) is 31.6. The van der Waals surface area contributed by atoms with Gasteiger partial charge in [-0.1, -0.05) is 35.8 Å². The molecule has 2 saturated carbocycles. The van der Waals surface area contributed by atoms with Crippen LogP contribution in [0.1, 0.15) is 62.5 Å². The quantitative estimate of drug-likeness (QED) is 0.421. The number of halogens is 2. The topological polar surface area (TPSA) is 111 Å². The van der Waals surface area contributed by atoms with E-state index in [0.717, 1.165) is 12.8 Å². The van der Waals surface area contributed by atoms with Crippen molar-refractivity contribution in [2.75, 3.05) is 21.2 Å². The molecule has 2 aliphatic rings. The number of rotatable bonds is 2. The molecule has 0 aliphatic heterocycles. The molecule has 2 amide bonds. The Morgan fingerprint density at radius 3 is 1.67 bits per heavy atom. The Bertz CT molecular complexity index is 1410. The number of ether oxygens (including phenoxy) is 1. The smallest absolute Gasteiger partial charge is 0.409 e. The summed E-state index contributed by atoms with van der Waals surface area (Å²) < 4.78 is 30.9. The summed E-state index contributed by atoms with van der Waals surface area (Å²) in [6.45, 7) is 0. The molecular formula is C33H38F2N2O6. The number of amides is 2. The van der Waals surface area contributed by atoms with Gasteiger partial charge in [0.2, 0.25) is 0 Å². The van der Waals surface area contributed by atoms with Gasteiger partial charge in [0.1, 0.15) is 22.8 Å². The highest BCUT2D eigenvalue weighted by atomic mass is 19.1. The largest absolute Gasteiger partial charge is 0.465 e. The number of carbonyl (C=O) groups is 2. The summed E-state index contributed by atoms with van der Waals surface area (Å²) in [6.07, 6.45) is 3.23. The monoisotopic (exact) mass is 596 g/mol. The van der Waals surface area contributed by atoms with E-state index >= 15 is 0 Å². The first kappa shape index (κ1) is 33.4. The Labute approximate surface area is 251 Å². The Hall–Kier alpha value is -4.12. The minimum absolute atomic E-state index is 0.118. The van der Waals surface area contributed by atoms with Crippen LogP contribution in [0.25, 0.3) is 0 Å². The van der Waals surface area contributed by atoms with Gasteiger partial charge in [0.15, 0.2) is 0 Å². The Kier molecular flexibility index (Phi) is 11.5. The highest BCUT2D eigenvalue weighted by Crippen LogP contribution is 2.31. The second-order valence-corrected chi connectivity index (χ2v) is 11.1. The van der Waals surface area contributed by atoms with E-state index < -0.39 is 23.4 Å². The summed E-state index contributed by atoms with van der Waals surface area (Å²) in [6, 6.07) is 11.5. The lowest BCUT2D eigenvalue weighted by Gasteiger charge is -2.37. The van der Waals surface area contributed by atoms with Crippen molar-refractivity contribution in [3.63, 3.8) is 0 Å². The molecule has 43 heavy (non-hydrogen) atoms. The van der Waals surface area contributed by atoms with E-state index in [1.165, 1.54) is 48.2 Å². The van der Waals surface area contributed by atoms with Crippen molar-refractivity contribution in [3.05, 3.63) is 71.3 Å². The molecule has 230 valence electrons. The molecular weight excluding hydrogens is 558 g/mol. The molecule has 0 radical (unpaired) electrons. The van der Waals surface area contributed by atoms with E-state index in [1.807, 2.05) is 0 Å². The van der Waals surface area contributed by atoms with Crippen LogP contribution >= 0.6 is 0 Å². The molecule has 8 nitrogen and oxygen atoms in total. The Morgan fingerprint density at radius 2 is 1.28 bits per heavy atom. The van der Waals surface area contributed by atoms with E-state index in [0.29, 0.717) is 43.2 Å². The minimum Gasteiger partial charge on any atom is -0.465 e. The highest BCUT2D eigenvalue weighted by Gasteiger charge is 2.37. The minimum atomic E-state index is -1.22. The van der Waals surface area contributed by atoms with Crippen LogP contribution in [0.5, 0.6) is 0 Å². The van der Waals surface area contributed by atoms with Gasteiger partial charge >= 0.3 is 12.2 Å². The standard InChI is InChI=1S/C17H20FNO3.C16H18FNO3/c1-19(16(20)22-2)15-7-4-9-17(21,12-15)10-8-13-5-3-6-14(18)11-13;1-18(15(19)20)14-6-3-8-16(21,11-14)9-7-12-4-2-5-13(17)10-12/h3,5-6,11,15,21H,4,7,9,12H2,1-2H3;2,4-5,10,14,21H,3,6,8,11H2,1H3,(H,19,20). The molecule has 0 aromatic heterocycles. The number of hydrogen-bond donors (Lipinski definition) is 3. The molecule has 4 atom stereocenters. The molecule has 3 N–H and O–H groups in total. The van der Waals surface area contributed by atoms with Crippen molar-refractivity contribution in [2.45, 2.75) is 74.7 Å². The van der Waals surface area contributed by atoms with Gasteiger partial charge in [-0.3, -0.25) is 0 Å². The van der Waals surface area contributed by atoms with E-state index in [9.17, 15) is 28.6 Å². The van der Waals surface area contributed by atoms with Gasteiger partial charge in [-0.2, -0.15) is 0 Å². The first-order valence-electron chi connectivity index (χ1n) is 14.1. The zero-order valence-electron chi connectivity index (χ0n) is 24.6. The molecule has 2 aromatic carbocycles. The van der Waals surface area contributed by atoms with Gasteiger partial charge in [-0.15, -0.1) is 0 Å². The second kappa shape index (κ2) is 14.9. The summed E-state index contributed by atoms with van der Waals surface area (Å²) in [5.74, 6) is 10.5. The molecule has 2 aromatic rings. The number of hydrogen-bond acceptors (Lipinski definition) is 5. The van der Waals surface area contributed by atoms with E-state index in [4.69, 9.17) is 9.84 Å². The van der Waals surface area contributed by atoms with E-state index in [2.05, 4.69) is 23.7 Å². The molecule has 0 bridgehead atoms. The van der Waals surface area contributed by atoms with Gasteiger partial charge in [0.25, 0.3) is 0 Å². The number of aliphatic hydroxyl groups is 2. The fourth-order valence-electron chi connectivity index (χ4n) is 5.30. The number of methoxy groups -OCH3 is 1. The van der Waals surface area contributed by atoms with Gasteiger partial charge in [-0.25, -0.2) is 18.4 Å². The van der Waals surface area contributed by atoms with Crippen molar-refractivity contribution in [1.82, 2.24) is 9.80 Å². The summed E-state index contributed by atoms with van der Waals surface area (Å²) in [5.41, 5.74) is -1.37. The third-order valence-electron chi connectivity index (χ3n) is 7.79. The van der Waals surface area contributed by atoms with Crippen LogP contribution in [-0.2, 0) is 4.74 Å². The molecule has 4 rings (SSSR count). The van der Waals surface area contributed by atoms with Crippen molar-refractivity contribution in [2.24, 2.45) is 0 Å². The third-order valence-corrected chi connectivity index (χ3v) is 7.79. The highest BCUT2D eigenvalue weighted by molar-refractivity contribution is 5.67. The molecule has 2 aliphatic carbocycles. The van der Waals surface area contributed by atoms with Crippen LogP contribution < -0.4 is 0 Å². The predicted molar refractivity (Wildman–Crippen MR) is 157 cm³/mol. The summed E-state index contributed by atoms with van der Waals surface area (Å²) >= 11 is 0. The van der Waals surface area contributed by atoms with Crippen molar-refractivity contribution in [1.29, 1.82) is 0 Å². The van der Waals surface area contributed by atoms with Gasteiger partial charge in [0.05, 0.1) is 7.11 Å². The molecule has 0 spiro atoms. The van der Waals surface area contributed by atoms with Crippen LogP contribution in [0, 0.1) is 35.3 Å². The maximum Gasteiger partial charge on any atom is 0.409 e. The Morgan fingerprint density at radius 1 is 0.837 bits per heavy atom. The molecule has 10 heteroatoms. The first-order valence-corrected chi connectivity index (χ1v) is 14.1. The van der Waals surface area contributed by atoms with E-state index in [1.54, 1.807) is 31.3 Å². The Balaban J connectivity index is 0.000000236. The fourth-order valence-corrected chi connectivity index (χ4v) is 5.30. The summed E-state index contributed by atoms with van der Waals surface area (Å²) in [4.78, 5) is 25.3. The lowest BCUT2D eigenvalue weighted by Crippen LogP contribution is -2.46. The normalized spacial score (nSPS) is 24.4. The third kappa shape index (κ3) is 9.99. The van der Waals surface area contributed by atoms with Gasteiger partial charge < -0.3 is 29.9 Å². The summed E-state index contributed by atoms with van der Waals surface area (Å²) in [7, 11) is 4.48. The predicted octanol–water partition coefficient (Wildman–Crippen LogP) is 5.01. The van der Waals surface area contributed by atoms with E-state index in [-0.39, 0.29) is 30.1 Å². The first-order chi connectivity index (χ1) is 20.3. The molecule has 4 unspecified atom stereocenters. The summed E-state index contributed by atoms with van der Waals surface area (Å²) in [5, 5.41) is 30.2. The van der Waals surface area contributed by atoms with Crippen LogP contribution in [0.15, 0.2) is 48.5 Å². The number of carboxylic acid groups (broad SMARTS) is 1. The lowest BCUT2D eigenvalue weighted by molar-refractivity contribution is 0.0196. The maximum absolute atomic E-state index is 13.1. The van der Waals surface area contributed by atoms with Crippen LogP contribution in [0.2, 0.25) is 0 Å².